The molecule has 1 aliphatic rings. The number of methoxy groups -OCH3 is 1. The molecular formula is C28H30N2O4S. The van der Waals surface area contributed by atoms with Gasteiger partial charge in [0.2, 0.25) is 11.8 Å². The fourth-order valence-corrected chi connectivity index (χ4v) is 5.32. The molecule has 7 heteroatoms. The molecule has 1 aliphatic carbocycles. The first-order valence-electron chi connectivity index (χ1n) is 11.9. The van der Waals surface area contributed by atoms with Crippen molar-refractivity contribution in [2.45, 2.75) is 51.1 Å². The van der Waals surface area contributed by atoms with Crippen molar-refractivity contribution in [3.8, 4) is 0 Å². The van der Waals surface area contributed by atoms with E-state index in [0.717, 1.165) is 41.7 Å². The lowest BCUT2D eigenvalue weighted by molar-refractivity contribution is -0.127. The fraction of sp³-hybridized carbons (Fsp3) is 0.321. The first-order chi connectivity index (χ1) is 17.0. The summed E-state index contributed by atoms with van der Waals surface area (Å²) < 4.78 is 4.90. The van der Waals surface area contributed by atoms with E-state index in [1.165, 1.54) is 18.4 Å². The number of nitrogens with one attached hydrogen (secondary N) is 1. The summed E-state index contributed by atoms with van der Waals surface area (Å²) >= 11 is 1.50. The van der Waals surface area contributed by atoms with E-state index >= 15 is 0 Å². The maximum atomic E-state index is 13.9. The zero-order chi connectivity index (χ0) is 24.8. The molecule has 3 aromatic rings. The minimum absolute atomic E-state index is 0.102. The van der Waals surface area contributed by atoms with Crippen LogP contribution < -0.4 is 10.2 Å². The van der Waals surface area contributed by atoms with Gasteiger partial charge in [-0.25, -0.2) is 4.79 Å². The molecule has 1 N–H and O–H groups in total. The van der Waals surface area contributed by atoms with Crippen LogP contribution in [0, 0.1) is 6.92 Å². The average molecular weight is 491 g/mol. The minimum atomic E-state index is -0.878. The Morgan fingerprint density at radius 3 is 2.51 bits per heavy atom. The molecule has 0 radical (unpaired) electrons. The number of hydrogen-bond acceptors (Lipinski definition) is 5. The van der Waals surface area contributed by atoms with Crippen LogP contribution in [-0.2, 0) is 20.7 Å². The number of amides is 2. The smallest absolute Gasteiger partial charge is 0.337 e. The summed E-state index contributed by atoms with van der Waals surface area (Å²) in [7, 11) is 1.32. The lowest BCUT2D eigenvalue weighted by atomic mass is 9.97. The Balaban J connectivity index is 1.81. The standard InChI is InChI=1S/C28H30N2O4S/c1-19-9-3-6-15-24(19)26(27(32)29-21-11-4-5-12-21)30(25(31)18-23-14-8-16-35-23)22-13-7-10-20(17-22)28(33)34-2/h3,6-10,13-17,21,26H,4-5,11-12,18H2,1-2H3,(H,29,32)/t26-/m0/s1. The molecule has 182 valence electrons. The average Bonchev–Trinajstić information content (AvgIpc) is 3.57. The number of benzene rings is 2. The van der Waals surface area contributed by atoms with Crippen molar-refractivity contribution in [1.82, 2.24) is 5.32 Å². The molecule has 1 saturated carbocycles. The zero-order valence-corrected chi connectivity index (χ0v) is 20.8. The molecule has 35 heavy (non-hydrogen) atoms. The summed E-state index contributed by atoms with van der Waals surface area (Å²) in [5.41, 5.74) is 2.46. The molecule has 0 unspecified atom stereocenters. The van der Waals surface area contributed by atoms with Crippen LogP contribution in [0.15, 0.2) is 66.0 Å². The van der Waals surface area contributed by atoms with E-state index in [4.69, 9.17) is 4.74 Å². The van der Waals surface area contributed by atoms with Crippen molar-refractivity contribution in [3.63, 3.8) is 0 Å². The van der Waals surface area contributed by atoms with Gasteiger partial charge in [-0.3, -0.25) is 14.5 Å². The highest BCUT2D eigenvalue weighted by molar-refractivity contribution is 7.10. The molecule has 1 aromatic heterocycles. The van der Waals surface area contributed by atoms with Gasteiger partial charge in [0, 0.05) is 16.6 Å². The second-order valence-corrected chi connectivity index (χ2v) is 9.84. The molecule has 0 bridgehead atoms. The van der Waals surface area contributed by atoms with Crippen LogP contribution in [0.25, 0.3) is 0 Å². The molecule has 2 aromatic carbocycles. The van der Waals surface area contributed by atoms with E-state index in [1.54, 1.807) is 29.2 Å². The van der Waals surface area contributed by atoms with Crippen molar-refractivity contribution in [2.75, 3.05) is 12.0 Å². The van der Waals surface area contributed by atoms with Gasteiger partial charge in [-0.1, -0.05) is 49.2 Å². The maximum Gasteiger partial charge on any atom is 0.337 e. The van der Waals surface area contributed by atoms with Gasteiger partial charge in [0.05, 0.1) is 19.1 Å². The molecular weight excluding hydrogens is 460 g/mol. The van der Waals surface area contributed by atoms with Gasteiger partial charge in [0.25, 0.3) is 0 Å². The molecule has 0 spiro atoms. The van der Waals surface area contributed by atoms with Gasteiger partial charge in [-0.15, -0.1) is 11.3 Å². The Kier molecular flexibility index (Phi) is 7.98. The third kappa shape index (κ3) is 5.80. The maximum absolute atomic E-state index is 13.9. The van der Waals surface area contributed by atoms with Crippen LogP contribution in [0.4, 0.5) is 5.69 Å². The normalized spacial score (nSPS) is 14.3. The highest BCUT2D eigenvalue weighted by Crippen LogP contribution is 2.32. The van der Waals surface area contributed by atoms with E-state index in [-0.39, 0.29) is 24.3 Å². The van der Waals surface area contributed by atoms with Gasteiger partial charge in [-0.2, -0.15) is 0 Å². The number of thiophene rings is 1. The number of carbonyl (C=O) groups is 3. The number of esters is 1. The van der Waals surface area contributed by atoms with Crippen LogP contribution in [0.3, 0.4) is 0 Å². The Hall–Kier alpha value is -3.45. The Morgan fingerprint density at radius 1 is 1.06 bits per heavy atom. The molecule has 0 aliphatic heterocycles. The summed E-state index contributed by atoms with van der Waals surface area (Å²) in [5, 5.41) is 5.12. The third-order valence-corrected chi connectivity index (χ3v) is 7.29. The lowest BCUT2D eigenvalue weighted by Crippen LogP contribution is -2.47. The van der Waals surface area contributed by atoms with E-state index < -0.39 is 12.0 Å². The van der Waals surface area contributed by atoms with Crippen LogP contribution in [0.1, 0.15) is 58.1 Å². The Bertz CT molecular complexity index is 1190. The van der Waals surface area contributed by atoms with Gasteiger partial charge in [-0.05, 0) is 60.5 Å². The van der Waals surface area contributed by atoms with E-state index in [2.05, 4.69) is 5.32 Å². The number of ether oxygens (including phenoxy) is 1. The van der Waals surface area contributed by atoms with Crippen molar-refractivity contribution in [3.05, 3.63) is 87.6 Å². The van der Waals surface area contributed by atoms with Crippen LogP contribution in [-0.4, -0.2) is 30.9 Å². The summed E-state index contributed by atoms with van der Waals surface area (Å²) in [6.45, 7) is 1.94. The SMILES string of the molecule is COC(=O)c1cccc(N(C(=O)Cc2cccs2)[C@H](C(=O)NC2CCCC2)c2ccccc2C)c1. The third-order valence-electron chi connectivity index (χ3n) is 6.41. The quantitative estimate of drug-likeness (QED) is 0.440. The zero-order valence-electron chi connectivity index (χ0n) is 20.0. The van der Waals surface area contributed by atoms with E-state index in [1.807, 2.05) is 48.7 Å². The highest BCUT2D eigenvalue weighted by atomic mass is 32.1. The second kappa shape index (κ2) is 11.3. The van der Waals surface area contributed by atoms with Gasteiger partial charge < -0.3 is 10.1 Å². The molecule has 4 rings (SSSR count). The minimum Gasteiger partial charge on any atom is -0.465 e. The number of rotatable bonds is 8. The van der Waals surface area contributed by atoms with Crippen LogP contribution in [0.2, 0.25) is 0 Å². The summed E-state index contributed by atoms with van der Waals surface area (Å²) in [4.78, 5) is 42.4. The van der Waals surface area contributed by atoms with Crippen molar-refractivity contribution >= 4 is 34.8 Å². The highest BCUT2D eigenvalue weighted by Gasteiger charge is 2.35. The second-order valence-electron chi connectivity index (χ2n) is 8.81. The van der Waals surface area contributed by atoms with Gasteiger partial charge in [0.15, 0.2) is 0 Å². The Morgan fingerprint density at radius 2 is 1.83 bits per heavy atom. The van der Waals surface area contributed by atoms with Crippen LogP contribution >= 0.6 is 11.3 Å². The lowest BCUT2D eigenvalue weighted by Gasteiger charge is -2.33. The molecule has 1 fully saturated rings. The Labute approximate surface area is 209 Å². The van der Waals surface area contributed by atoms with Crippen molar-refractivity contribution < 1.29 is 19.1 Å². The predicted molar refractivity (Wildman–Crippen MR) is 138 cm³/mol. The summed E-state index contributed by atoms with van der Waals surface area (Å²) in [5.74, 6) is -0.932. The number of nitrogens with zero attached hydrogens (tertiary/aromatic N) is 1. The summed E-state index contributed by atoms with van der Waals surface area (Å²) in [6, 6.07) is 17.4. The van der Waals surface area contributed by atoms with Crippen molar-refractivity contribution in [1.29, 1.82) is 0 Å². The number of anilines is 1. The van der Waals surface area contributed by atoms with Gasteiger partial charge >= 0.3 is 5.97 Å². The van der Waals surface area contributed by atoms with Crippen molar-refractivity contribution in [2.24, 2.45) is 0 Å². The van der Waals surface area contributed by atoms with E-state index in [9.17, 15) is 14.4 Å². The van der Waals surface area contributed by atoms with Crippen LogP contribution in [0.5, 0.6) is 0 Å². The number of carbonyl (C=O) groups excluding carboxylic acids is 3. The first-order valence-corrected chi connectivity index (χ1v) is 12.7. The predicted octanol–water partition coefficient (Wildman–Crippen LogP) is 5.22. The van der Waals surface area contributed by atoms with E-state index in [0.29, 0.717) is 11.3 Å². The molecule has 6 nitrogen and oxygen atoms in total. The molecule has 1 atom stereocenters. The number of aryl methyl sites for hydroxylation is 1. The number of hydrogen-bond donors (Lipinski definition) is 1. The fourth-order valence-electron chi connectivity index (χ4n) is 4.63. The molecule has 0 saturated heterocycles. The molecule has 2 amide bonds. The monoisotopic (exact) mass is 490 g/mol. The first kappa shape index (κ1) is 24.7. The topological polar surface area (TPSA) is 75.7 Å². The summed E-state index contributed by atoms with van der Waals surface area (Å²) in [6.07, 6.45) is 4.20. The largest absolute Gasteiger partial charge is 0.465 e. The molecule has 1 heterocycles. The van der Waals surface area contributed by atoms with Gasteiger partial charge in [0.1, 0.15) is 6.04 Å².